The van der Waals surface area contributed by atoms with Gasteiger partial charge in [-0.05, 0) is 30.0 Å². The third-order valence-electron chi connectivity index (χ3n) is 3.53. The van der Waals surface area contributed by atoms with Crippen LogP contribution in [0.4, 0.5) is 0 Å². The molecular formula is C17H29NO2S. The molecule has 0 spiro atoms. The lowest BCUT2D eigenvalue weighted by Crippen LogP contribution is -2.27. The molecule has 0 saturated carbocycles. The first kappa shape index (κ1) is 18.3. The summed E-state index contributed by atoms with van der Waals surface area (Å²) in [5, 5.41) is 3.44. The number of rotatable bonds is 10. The van der Waals surface area contributed by atoms with E-state index >= 15 is 0 Å². The van der Waals surface area contributed by atoms with Gasteiger partial charge in [0.1, 0.15) is 0 Å². The van der Waals surface area contributed by atoms with E-state index in [0.29, 0.717) is 24.0 Å². The quantitative estimate of drug-likeness (QED) is 0.674. The van der Waals surface area contributed by atoms with Crippen molar-refractivity contribution >= 4 is 10.8 Å². The van der Waals surface area contributed by atoms with Crippen molar-refractivity contribution in [3.05, 3.63) is 35.4 Å². The van der Waals surface area contributed by atoms with Crippen LogP contribution in [0.1, 0.15) is 50.3 Å². The molecule has 0 fully saturated rings. The van der Waals surface area contributed by atoms with Gasteiger partial charge in [0.15, 0.2) is 0 Å². The van der Waals surface area contributed by atoms with Gasteiger partial charge in [-0.15, -0.1) is 0 Å². The molecule has 1 N–H and O–H groups in total. The van der Waals surface area contributed by atoms with Crippen molar-refractivity contribution in [3.63, 3.8) is 0 Å². The van der Waals surface area contributed by atoms with E-state index in [4.69, 9.17) is 4.74 Å². The molecule has 21 heavy (non-hydrogen) atoms. The number of ether oxygens (including phenoxy) is 1. The molecule has 4 heteroatoms. The number of hydrogen-bond donors (Lipinski definition) is 1. The van der Waals surface area contributed by atoms with Crippen molar-refractivity contribution in [2.45, 2.75) is 39.2 Å². The molecule has 0 amide bonds. The lowest BCUT2D eigenvalue weighted by atomic mass is 9.99. The Morgan fingerprint density at radius 2 is 1.81 bits per heavy atom. The fourth-order valence-electron chi connectivity index (χ4n) is 2.27. The molecule has 1 aromatic rings. The Bertz CT molecular complexity index is 417. The highest BCUT2D eigenvalue weighted by Gasteiger charge is 2.14. The molecule has 2 unspecified atom stereocenters. The first-order chi connectivity index (χ1) is 10.1. The van der Waals surface area contributed by atoms with Gasteiger partial charge < -0.3 is 10.1 Å². The first-order valence-corrected chi connectivity index (χ1v) is 9.24. The Hall–Kier alpha value is -0.710. The highest BCUT2D eigenvalue weighted by Crippen LogP contribution is 2.19. The van der Waals surface area contributed by atoms with Gasteiger partial charge in [-0.2, -0.15) is 0 Å². The van der Waals surface area contributed by atoms with Crippen molar-refractivity contribution in [1.82, 2.24) is 5.32 Å². The second-order valence-electron chi connectivity index (χ2n) is 5.59. The maximum Gasteiger partial charge on any atom is 0.0471 e. The minimum Gasteiger partial charge on any atom is -0.385 e. The number of methoxy groups -OCH3 is 1. The largest absolute Gasteiger partial charge is 0.385 e. The van der Waals surface area contributed by atoms with Crippen molar-refractivity contribution < 1.29 is 8.95 Å². The maximum absolute atomic E-state index is 12.2. The van der Waals surface area contributed by atoms with Crippen molar-refractivity contribution in [2.75, 3.05) is 31.8 Å². The summed E-state index contributed by atoms with van der Waals surface area (Å²) in [4.78, 5) is 0. The summed E-state index contributed by atoms with van der Waals surface area (Å²) in [6, 6.07) is 8.85. The fraction of sp³-hybridized carbons (Fsp3) is 0.647. The third-order valence-corrected chi connectivity index (χ3v) is 4.98. The fourth-order valence-corrected chi connectivity index (χ4v) is 3.55. The van der Waals surface area contributed by atoms with Gasteiger partial charge >= 0.3 is 0 Å². The van der Waals surface area contributed by atoms with E-state index in [2.05, 4.69) is 50.4 Å². The minimum absolute atomic E-state index is 0.166. The van der Waals surface area contributed by atoms with Crippen LogP contribution in [0, 0.1) is 0 Å². The molecule has 0 aromatic heterocycles. The molecule has 0 heterocycles. The van der Waals surface area contributed by atoms with Crippen LogP contribution in [-0.2, 0) is 15.5 Å². The van der Waals surface area contributed by atoms with Crippen LogP contribution in [0.3, 0.4) is 0 Å². The molecule has 0 radical (unpaired) electrons. The molecule has 0 bridgehead atoms. The molecular weight excluding hydrogens is 282 g/mol. The highest BCUT2D eigenvalue weighted by molar-refractivity contribution is 7.85. The summed E-state index contributed by atoms with van der Waals surface area (Å²) in [7, 11) is 0.871. The molecule has 0 saturated heterocycles. The Morgan fingerprint density at radius 1 is 1.19 bits per heavy atom. The van der Waals surface area contributed by atoms with E-state index in [0.717, 1.165) is 13.0 Å². The van der Waals surface area contributed by atoms with Crippen LogP contribution in [-0.4, -0.2) is 36.0 Å². The normalized spacial score (nSPS) is 14.3. The van der Waals surface area contributed by atoms with Gasteiger partial charge in [0, 0.05) is 42.1 Å². The van der Waals surface area contributed by atoms with E-state index in [9.17, 15) is 4.21 Å². The summed E-state index contributed by atoms with van der Waals surface area (Å²) >= 11 is 0. The Morgan fingerprint density at radius 3 is 2.33 bits per heavy atom. The van der Waals surface area contributed by atoms with Crippen molar-refractivity contribution in [3.8, 4) is 0 Å². The topological polar surface area (TPSA) is 38.3 Å². The number of benzene rings is 1. The molecule has 0 aliphatic heterocycles. The van der Waals surface area contributed by atoms with Crippen LogP contribution in [0.25, 0.3) is 0 Å². The standard InChI is InChI=1S/C17H29NO2S/c1-5-18-17(13-21(19)12-6-11-20-4)16-9-7-15(8-10-16)14(2)3/h7-10,14,17-18H,5-6,11-13H2,1-4H3. The lowest BCUT2D eigenvalue weighted by Gasteiger charge is -2.19. The summed E-state index contributed by atoms with van der Waals surface area (Å²) < 4.78 is 17.2. The second-order valence-corrected chi connectivity index (χ2v) is 7.21. The van der Waals surface area contributed by atoms with Crippen molar-refractivity contribution in [1.29, 1.82) is 0 Å². The Balaban J connectivity index is 2.65. The monoisotopic (exact) mass is 311 g/mol. The molecule has 1 aromatic carbocycles. The van der Waals surface area contributed by atoms with Gasteiger partial charge in [0.25, 0.3) is 0 Å². The van der Waals surface area contributed by atoms with Crippen LogP contribution in [0.15, 0.2) is 24.3 Å². The minimum atomic E-state index is -0.810. The summed E-state index contributed by atoms with van der Waals surface area (Å²) in [5.74, 6) is 1.91. The summed E-state index contributed by atoms with van der Waals surface area (Å²) in [6.07, 6.45) is 0.855. The van der Waals surface area contributed by atoms with Crippen LogP contribution in [0.5, 0.6) is 0 Å². The van der Waals surface area contributed by atoms with Crippen molar-refractivity contribution in [2.24, 2.45) is 0 Å². The van der Waals surface area contributed by atoms with Gasteiger partial charge in [-0.3, -0.25) is 4.21 Å². The summed E-state index contributed by atoms with van der Waals surface area (Å²) in [5.41, 5.74) is 2.57. The first-order valence-electron chi connectivity index (χ1n) is 7.75. The predicted molar refractivity (Wildman–Crippen MR) is 91.3 cm³/mol. The van der Waals surface area contributed by atoms with E-state index < -0.39 is 10.8 Å². The molecule has 1 rings (SSSR count). The lowest BCUT2D eigenvalue weighted by molar-refractivity contribution is 0.200. The molecule has 0 aliphatic rings. The van der Waals surface area contributed by atoms with E-state index in [1.165, 1.54) is 11.1 Å². The van der Waals surface area contributed by atoms with E-state index in [-0.39, 0.29) is 6.04 Å². The van der Waals surface area contributed by atoms with E-state index in [1.807, 2.05) is 0 Å². The smallest absolute Gasteiger partial charge is 0.0471 e. The Labute approximate surface area is 131 Å². The van der Waals surface area contributed by atoms with Crippen LogP contribution >= 0.6 is 0 Å². The van der Waals surface area contributed by atoms with Gasteiger partial charge in [-0.25, -0.2) is 0 Å². The molecule has 0 aliphatic carbocycles. The third kappa shape index (κ3) is 6.72. The van der Waals surface area contributed by atoms with Gasteiger partial charge in [0.2, 0.25) is 0 Å². The van der Waals surface area contributed by atoms with Gasteiger partial charge in [-0.1, -0.05) is 45.0 Å². The van der Waals surface area contributed by atoms with Crippen LogP contribution in [0.2, 0.25) is 0 Å². The average Bonchev–Trinajstić information content (AvgIpc) is 2.47. The zero-order chi connectivity index (χ0) is 15.7. The van der Waals surface area contributed by atoms with Crippen LogP contribution < -0.4 is 5.32 Å². The van der Waals surface area contributed by atoms with Gasteiger partial charge in [0.05, 0.1) is 0 Å². The Kier molecular flexibility index (Phi) is 8.81. The zero-order valence-corrected chi connectivity index (χ0v) is 14.5. The zero-order valence-electron chi connectivity index (χ0n) is 13.7. The molecule has 3 nitrogen and oxygen atoms in total. The SMILES string of the molecule is CCNC(CS(=O)CCCOC)c1ccc(C(C)C)cc1. The number of nitrogens with one attached hydrogen (secondary N) is 1. The maximum atomic E-state index is 12.2. The summed E-state index contributed by atoms with van der Waals surface area (Å²) in [6.45, 7) is 8.04. The average molecular weight is 311 g/mol. The molecule has 2 atom stereocenters. The predicted octanol–water partition coefficient (Wildman–Crippen LogP) is 3.25. The molecule has 120 valence electrons. The second kappa shape index (κ2) is 10.1. The van der Waals surface area contributed by atoms with E-state index in [1.54, 1.807) is 7.11 Å². The highest BCUT2D eigenvalue weighted by atomic mass is 32.2. The number of hydrogen-bond acceptors (Lipinski definition) is 3.